The van der Waals surface area contributed by atoms with Crippen LogP contribution in [0.1, 0.15) is 16.1 Å². The number of aryl methyl sites for hydroxylation is 1. The molecule has 2 heterocycles. The third-order valence-corrected chi connectivity index (χ3v) is 4.59. The van der Waals surface area contributed by atoms with Crippen molar-refractivity contribution < 1.29 is 23.2 Å². The van der Waals surface area contributed by atoms with Crippen molar-refractivity contribution >= 4 is 22.7 Å². The normalized spacial score (nSPS) is 10.8. The van der Waals surface area contributed by atoms with E-state index in [1.807, 2.05) is 0 Å². The highest BCUT2D eigenvalue weighted by molar-refractivity contribution is 6.15. The molecule has 0 aliphatic heterocycles. The first kappa shape index (κ1) is 19.4. The van der Waals surface area contributed by atoms with Gasteiger partial charge in [0.15, 0.2) is 0 Å². The van der Waals surface area contributed by atoms with E-state index in [0.717, 1.165) is 0 Å². The molecule has 0 atom stereocenters. The molecule has 4 aromatic rings. The predicted octanol–water partition coefficient (Wildman–Crippen LogP) is 4.61. The minimum absolute atomic E-state index is 0.220. The number of aromatic nitrogens is 2. The van der Waals surface area contributed by atoms with Crippen molar-refractivity contribution in [1.29, 1.82) is 0 Å². The number of hydrogen-bond donors (Lipinski definition) is 1. The summed E-state index contributed by atoms with van der Waals surface area (Å²) in [6, 6.07) is 12.5. The van der Waals surface area contributed by atoms with Gasteiger partial charge in [0.25, 0.3) is 11.6 Å². The van der Waals surface area contributed by atoms with Gasteiger partial charge in [-0.15, -0.1) is 0 Å². The van der Waals surface area contributed by atoms with Gasteiger partial charge in [0.05, 0.1) is 30.9 Å². The summed E-state index contributed by atoms with van der Waals surface area (Å²) in [5, 5.41) is 7.35. The van der Waals surface area contributed by atoms with Crippen LogP contribution in [0.4, 0.5) is 10.1 Å². The molecule has 30 heavy (non-hydrogen) atoms. The minimum atomic E-state index is -0.399. The van der Waals surface area contributed by atoms with Crippen LogP contribution in [0.15, 0.2) is 53.1 Å². The molecule has 0 aliphatic carbocycles. The van der Waals surface area contributed by atoms with Gasteiger partial charge in [-0.3, -0.25) is 4.79 Å². The van der Waals surface area contributed by atoms with Gasteiger partial charge >= 0.3 is 0 Å². The molecule has 0 radical (unpaired) electrons. The van der Waals surface area contributed by atoms with Gasteiger partial charge in [0, 0.05) is 17.3 Å². The summed E-state index contributed by atoms with van der Waals surface area (Å²) in [4.78, 5) is 17.5. The van der Waals surface area contributed by atoms with E-state index in [1.165, 1.54) is 26.4 Å². The Labute approximate surface area is 171 Å². The molecule has 0 saturated carbocycles. The molecule has 0 fully saturated rings. The number of halogens is 1. The second-order valence-electron chi connectivity index (χ2n) is 6.55. The largest absolute Gasteiger partial charge is 0.497 e. The molecule has 0 unspecified atom stereocenters. The average Bonchev–Trinajstić information content (AvgIpc) is 3.17. The van der Waals surface area contributed by atoms with Gasteiger partial charge in [0.1, 0.15) is 23.0 Å². The number of carbonyl (C=O) groups is 1. The van der Waals surface area contributed by atoms with Crippen LogP contribution in [0.2, 0.25) is 0 Å². The van der Waals surface area contributed by atoms with Crippen molar-refractivity contribution in [2.75, 3.05) is 19.5 Å². The number of methoxy groups -OCH3 is 2. The Morgan fingerprint density at radius 3 is 2.53 bits per heavy atom. The molecule has 0 saturated heterocycles. The SMILES string of the molecule is COc1ccc(OC)c(NC(=O)c2cc(C)nc3onc(-c4ccc(F)cc4)c23)c1. The number of rotatable bonds is 5. The fourth-order valence-electron chi connectivity index (χ4n) is 3.16. The standard InChI is InChI=1S/C22H18FN3O4/c1-12-10-16(21(27)25-17-11-15(28-2)8-9-18(17)29-3)19-20(26-30-22(19)24-12)13-4-6-14(23)7-5-13/h4-11H,1-3H3,(H,25,27). The fraction of sp³-hybridized carbons (Fsp3) is 0.136. The number of carbonyl (C=O) groups excluding carboxylic acids is 1. The maximum Gasteiger partial charge on any atom is 0.259 e. The lowest BCUT2D eigenvalue weighted by atomic mass is 10.0. The Kier molecular flexibility index (Phi) is 5.05. The number of anilines is 1. The fourth-order valence-corrected chi connectivity index (χ4v) is 3.16. The van der Waals surface area contributed by atoms with Crippen LogP contribution >= 0.6 is 0 Å². The van der Waals surface area contributed by atoms with Crippen molar-refractivity contribution in [3.8, 4) is 22.8 Å². The van der Waals surface area contributed by atoms with Gasteiger partial charge < -0.3 is 19.3 Å². The van der Waals surface area contributed by atoms with Crippen LogP contribution in [0.3, 0.4) is 0 Å². The molecular formula is C22H18FN3O4. The van der Waals surface area contributed by atoms with Gasteiger partial charge in [-0.1, -0.05) is 5.16 Å². The zero-order valence-electron chi connectivity index (χ0n) is 16.5. The molecular weight excluding hydrogens is 389 g/mol. The van der Waals surface area contributed by atoms with Gasteiger partial charge in [-0.05, 0) is 49.4 Å². The zero-order chi connectivity index (χ0) is 21.3. The van der Waals surface area contributed by atoms with Crippen LogP contribution < -0.4 is 14.8 Å². The highest BCUT2D eigenvalue weighted by Crippen LogP contribution is 2.33. The van der Waals surface area contributed by atoms with E-state index in [4.69, 9.17) is 14.0 Å². The Balaban J connectivity index is 1.81. The van der Waals surface area contributed by atoms with E-state index < -0.39 is 5.91 Å². The number of ether oxygens (including phenoxy) is 2. The smallest absolute Gasteiger partial charge is 0.259 e. The van der Waals surface area contributed by atoms with Crippen LogP contribution in [0.25, 0.3) is 22.4 Å². The molecule has 1 amide bonds. The van der Waals surface area contributed by atoms with E-state index in [1.54, 1.807) is 43.3 Å². The number of benzene rings is 2. The van der Waals surface area contributed by atoms with Crippen LogP contribution in [0, 0.1) is 12.7 Å². The van der Waals surface area contributed by atoms with E-state index in [2.05, 4.69) is 15.5 Å². The quantitative estimate of drug-likeness (QED) is 0.520. The lowest BCUT2D eigenvalue weighted by Gasteiger charge is -2.12. The zero-order valence-corrected chi connectivity index (χ0v) is 16.5. The molecule has 0 aliphatic rings. The molecule has 0 bridgehead atoms. The summed E-state index contributed by atoms with van der Waals surface area (Å²) < 4.78 is 29.3. The Morgan fingerprint density at radius 2 is 1.83 bits per heavy atom. The number of hydrogen-bond acceptors (Lipinski definition) is 6. The molecule has 8 heteroatoms. The first-order valence-electron chi connectivity index (χ1n) is 9.06. The first-order chi connectivity index (χ1) is 14.5. The highest BCUT2D eigenvalue weighted by Gasteiger charge is 2.22. The van der Waals surface area contributed by atoms with Crippen molar-refractivity contribution in [3.63, 3.8) is 0 Å². The Morgan fingerprint density at radius 1 is 1.07 bits per heavy atom. The Hall–Kier alpha value is -3.94. The number of fused-ring (bicyclic) bond motifs is 1. The predicted molar refractivity (Wildman–Crippen MR) is 109 cm³/mol. The van der Waals surface area contributed by atoms with Crippen LogP contribution in [-0.4, -0.2) is 30.3 Å². The third kappa shape index (κ3) is 3.55. The molecule has 4 rings (SSSR count). The molecule has 7 nitrogen and oxygen atoms in total. The van der Waals surface area contributed by atoms with Gasteiger partial charge in [-0.2, -0.15) is 0 Å². The van der Waals surface area contributed by atoms with Crippen molar-refractivity contribution in [2.45, 2.75) is 6.92 Å². The minimum Gasteiger partial charge on any atom is -0.497 e. The molecule has 2 aromatic heterocycles. The summed E-state index contributed by atoms with van der Waals surface area (Å²) in [7, 11) is 3.05. The number of pyridine rings is 1. The van der Waals surface area contributed by atoms with E-state index in [-0.39, 0.29) is 11.5 Å². The summed E-state index contributed by atoms with van der Waals surface area (Å²) >= 11 is 0. The maximum absolute atomic E-state index is 13.3. The van der Waals surface area contributed by atoms with Crippen molar-refractivity contribution in [2.24, 2.45) is 0 Å². The lowest BCUT2D eigenvalue weighted by molar-refractivity contribution is 0.102. The molecule has 2 aromatic carbocycles. The second kappa shape index (κ2) is 7.82. The average molecular weight is 407 g/mol. The summed E-state index contributed by atoms with van der Waals surface area (Å²) in [6.07, 6.45) is 0. The Bertz CT molecular complexity index is 1240. The van der Waals surface area contributed by atoms with Crippen molar-refractivity contribution in [1.82, 2.24) is 10.1 Å². The number of nitrogens with one attached hydrogen (secondary N) is 1. The summed E-state index contributed by atoms with van der Waals surface area (Å²) in [5.74, 6) is 0.279. The van der Waals surface area contributed by atoms with E-state index in [9.17, 15) is 9.18 Å². The molecule has 1 N–H and O–H groups in total. The lowest BCUT2D eigenvalue weighted by Crippen LogP contribution is -2.14. The van der Waals surface area contributed by atoms with Gasteiger partial charge in [0.2, 0.25) is 0 Å². The summed E-state index contributed by atoms with van der Waals surface area (Å²) in [5.41, 5.74) is 2.59. The van der Waals surface area contributed by atoms with Crippen LogP contribution in [0.5, 0.6) is 11.5 Å². The highest BCUT2D eigenvalue weighted by atomic mass is 19.1. The van der Waals surface area contributed by atoms with Crippen LogP contribution in [-0.2, 0) is 0 Å². The molecule has 0 spiro atoms. The number of amides is 1. The second-order valence-corrected chi connectivity index (χ2v) is 6.55. The monoisotopic (exact) mass is 407 g/mol. The number of nitrogens with zero attached hydrogens (tertiary/aromatic N) is 2. The molecule has 152 valence electrons. The summed E-state index contributed by atoms with van der Waals surface area (Å²) in [6.45, 7) is 1.75. The topological polar surface area (TPSA) is 86.5 Å². The third-order valence-electron chi connectivity index (χ3n) is 4.59. The van der Waals surface area contributed by atoms with E-state index >= 15 is 0 Å². The van der Waals surface area contributed by atoms with E-state index in [0.29, 0.717) is 45.1 Å². The van der Waals surface area contributed by atoms with Gasteiger partial charge in [-0.25, -0.2) is 9.37 Å². The first-order valence-corrected chi connectivity index (χ1v) is 9.06. The maximum atomic E-state index is 13.3. The van der Waals surface area contributed by atoms with Crippen molar-refractivity contribution in [3.05, 3.63) is 65.6 Å².